The monoisotopic (exact) mass is 252 g/mol. The first-order valence-electron chi connectivity index (χ1n) is 6.52. The third-order valence-electron chi connectivity index (χ3n) is 3.23. The molecule has 1 aromatic carbocycles. The summed E-state index contributed by atoms with van der Waals surface area (Å²) in [4.78, 5) is 0. The maximum atomic E-state index is 13.8. The highest BCUT2D eigenvalue weighted by atomic mass is 19.2. The van der Waals surface area contributed by atoms with E-state index < -0.39 is 11.6 Å². The molecule has 18 heavy (non-hydrogen) atoms. The van der Waals surface area contributed by atoms with Gasteiger partial charge >= 0.3 is 0 Å². The highest BCUT2D eigenvalue weighted by Crippen LogP contribution is 2.28. The van der Waals surface area contributed by atoms with Crippen molar-refractivity contribution in [1.29, 1.82) is 0 Å². The lowest BCUT2D eigenvalue weighted by Gasteiger charge is -2.14. The molecule has 2 rings (SSSR count). The van der Waals surface area contributed by atoms with E-state index in [0.717, 1.165) is 25.7 Å². The van der Waals surface area contributed by atoms with E-state index >= 15 is 0 Å². The predicted molar refractivity (Wildman–Crippen MR) is 68.6 cm³/mol. The fourth-order valence-electron chi connectivity index (χ4n) is 2.30. The Hall–Kier alpha value is -1.38. The number of ether oxygens (including phenoxy) is 1. The molecule has 1 nitrogen and oxygen atoms in total. The Balaban J connectivity index is 2.26. The van der Waals surface area contributed by atoms with Crippen molar-refractivity contribution in [3.05, 3.63) is 34.9 Å². The summed E-state index contributed by atoms with van der Waals surface area (Å²) in [6, 6.07) is 3.09. The second-order valence-electron chi connectivity index (χ2n) is 4.58. The molecule has 0 spiro atoms. The minimum Gasteiger partial charge on any atom is -0.491 e. The van der Waals surface area contributed by atoms with Crippen molar-refractivity contribution in [2.75, 3.05) is 6.61 Å². The van der Waals surface area contributed by atoms with Gasteiger partial charge in [-0.3, -0.25) is 0 Å². The number of rotatable bonds is 3. The predicted octanol–water partition coefficient (Wildman–Crippen LogP) is 4.71. The van der Waals surface area contributed by atoms with Gasteiger partial charge < -0.3 is 4.74 Å². The van der Waals surface area contributed by atoms with Gasteiger partial charge in [0.1, 0.15) is 0 Å². The molecule has 1 aliphatic rings. The zero-order valence-corrected chi connectivity index (χ0v) is 10.6. The first-order valence-corrected chi connectivity index (χ1v) is 6.52. The highest BCUT2D eigenvalue weighted by molar-refractivity contribution is 5.55. The van der Waals surface area contributed by atoms with Crippen molar-refractivity contribution in [1.82, 2.24) is 0 Å². The Bertz CT molecular complexity index is 444. The van der Waals surface area contributed by atoms with E-state index in [1.54, 1.807) is 19.1 Å². The number of benzene rings is 1. The lowest BCUT2D eigenvalue weighted by molar-refractivity contribution is 0.314. The molecule has 0 N–H and O–H groups in total. The Kier molecular flexibility index (Phi) is 4.34. The molecule has 0 radical (unpaired) electrons. The largest absolute Gasteiger partial charge is 0.491 e. The Labute approximate surface area is 106 Å². The minimum atomic E-state index is -0.887. The molecule has 0 saturated heterocycles. The molecule has 1 aliphatic carbocycles. The van der Waals surface area contributed by atoms with E-state index in [1.807, 2.05) is 0 Å². The average molecular weight is 252 g/mol. The first kappa shape index (κ1) is 13.1. The maximum Gasteiger partial charge on any atom is 0.201 e. The van der Waals surface area contributed by atoms with Crippen LogP contribution in [-0.2, 0) is 0 Å². The Morgan fingerprint density at radius 2 is 1.83 bits per heavy atom. The lowest BCUT2D eigenvalue weighted by atomic mass is 9.93. The molecule has 0 bridgehead atoms. The Morgan fingerprint density at radius 3 is 2.50 bits per heavy atom. The summed E-state index contributed by atoms with van der Waals surface area (Å²) in [6.07, 6.45) is 7.30. The average Bonchev–Trinajstić information content (AvgIpc) is 2.40. The number of hydrogen-bond donors (Lipinski definition) is 0. The normalized spacial score (nSPS) is 15.6. The zero-order valence-electron chi connectivity index (χ0n) is 10.6. The third-order valence-corrected chi connectivity index (χ3v) is 3.23. The Morgan fingerprint density at radius 1 is 1.11 bits per heavy atom. The summed E-state index contributed by atoms with van der Waals surface area (Å²) in [6.45, 7) is 2.08. The van der Waals surface area contributed by atoms with Gasteiger partial charge in [0.05, 0.1) is 6.61 Å². The molecule has 0 unspecified atom stereocenters. The van der Waals surface area contributed by atoms with E-state index in [1.165, 1.54) is 18.1 Å². The topological polar surface area (TPSA) is 9.23 Å². The lowest BCUT2D eigenvalue weighted by Crippen LogP contribution is -1.99. The van der Waals surface area contributed by atoms with Crippen LogP contribution in [-0.4, -0.2) is 6.61 Å². The summed E-state index contributed by atoms with van der Waals surface area (Å²) in [5.41, 5.74) is 1.54. The van der Waals surface area contributed by atoms with E-state index in [-0.39, 0.29) is 5.75 Å². The smallest absolute Gasteiger partial charge is 0.201 e. The third kappa shape index (κ3) is 2.89. The molecular weight excluding hydrogens is 234 g/mol. The van der Waals surface area contributed by atoms with Crippen LogP contribution in [0.2, 0.25) is 0 Å². The van der Waals surface area contributed by atoms with E-state index in [0.29, 0.717) is 12.2 Å². The van der Waals surface area contributed by atoms with E-state index in [2.05, 4.69) is 0 Å². The van der Waals surface area contributed by atoms with E-state index in [4.69, 9.17) is 4.74 Å². The summed E-state index contributed by atoms with van der Waals surface area (Å²) in [5.74, 6) is -1.71. The van der Waals surface area contributed by atoms with Crippen LogP contribution in [0.15, 0.2) is 17.7 Å². The van der Waals surface area contributed by atoms with Crippen LogP contribution in [0.25, 0.3) is 6.08 Å². The number of hydrogen-bond acceptors (Lipinski definition) is 1. The minimum absolute atomic E-state index is 0.0132. The highest BCUT2D eigenvalue weighted by Gasteiger charge is 2.14. The molecular formula is C15H18F2O. The standard InChI is InChI=1S/C15H18F2O/c1-2-18-13-9-8-12(14(16)15(13)17)10-11-6-4-3-5-7-11/h8-10H,2-7H2,1H3. The first-order chi connectivity index (χ1) is 8.72. The van der Waals surface area contributed by atoms with Gasteiger partial charge in [-0.15, -0.1) is 0 Å². The van der Waals surface area contributed by atoms with Crippen LogP contribution in [0.1, 0.15) is 44.6 Å². The second kappa shape index (κ2) is 5.98. The van der Waals surface area contributed by atoms with Crippen LogP contribution in [0, 0.1) is 11.6 Å². The van der Waals surface area contributed by atoms with Crippen LogP contribution < -0.4 is 4.74 Å². The van der Waals surface area contributed by atoms with Gasteiger partial charge in [0, 0.05) is 5.56 Å². The van der Waals surface area contributed by atoms with Crippen LogP contribution in [0.5, 0.6) is 5.75 Å². The molecule has 0 aromatic heterocycles. The van der Waals surface area contributed by atoms with Gasteiger partial charge in [0.15, 0.2) is 11.6 Å². The molecule has 0 aliphatic heterocycles. The van der Waals surface area contributed by atoms with Crippen LogP contribution in [0.3, 0.4) is 0 Å². The molecule has 1 aromatic rings. The molecule has 0 amide bonds. The van der Waals surface area contributed by atoms with Crippen molar-refractivity contribution in [2.45, 2.75) is 39.0 Å². The second-order valence-corrected chi connectivity index (χ2v) is 4.58. The van der Waals surface area contributed by atoms with Gasteiger partial charge in [-0.25, -0.2) is 4.39 Å². The van der Waals surface area contributed by atoms with Crippen molar-refractivity contribution in [3.63, 3.8) is 0 Å². The summed E-state index contributed by atoms with van der Waals surface area (Å²) in [5, 5.41) is 0. The molecule has 0 heterocycles. The summed E-state index contributed by atoms with van der Waals surface area (Å²) < 4.78 is 32.5. The van der Waals surface area contributed by atoms with Gasteiger partial charge in [0.25, 0.3) is 0 Å². The fourth-order valence-corrected chi connectivity index (χ4v) is 2.30. The molecule has 0 atom stereocenters. The molecule has 98 valence electrons. The van der Waals surface area contributed by atoms with Crippen molar-refractivity contribution < 1.29 is 13.5 Å². The molecule has 3 heteroatoms. The van der Waals surface area contributed by atoms with Crippen molar-refractivity contribution in [2.24, 2.45) is 0 Å². The van der Waals surface area contributed by atoms with Crippen molar-refractivity contribution in [3.8, 4) is 5.75 Å². The number of halogens is 2. The van der Waals surface area contributed by atoms with Crippen LogP contribution >= 0.6 is 0 Å². The molecule has 1 fully saturated rings. The SMILES string of the molecule is CCOc1ccc(C=C2CCCCC2)c(F)c1F. The van der Waals surface area contributed by atoms with Gasteiger partial charge in [-0.1, -0.05) is 18.1 Å². The maximum absolute atomic E-state index is 13.8. The fraction of sp³-hybridized carbons (Fsp3) is 0.467. The van der Waals surface area contributed by atoms with Crippen LogP contribution in [0.4, 0.5) is 8.78 Å². The summed E-state index contributed by atoms with van der Waals surface area (Å²) >= 11 is 0. The molecule has 1 saturated carbocycles. The van der Waals surface area contributed by atoms with E-state index in [9.17, 15) is 8.78 Å². The van der Waals surface area contributed by atoms with Gasteiger partial charge in [-0.2, -0.15) is 4.39 Å². The van der Waals surface area contributed by atoms with Crippen molar-refractivity contribution >= 4 is 6.08 Å². The summed E-state index contributed by atoms with van der Waals surface area (Å²) in [7, 11) is 0. The van der Waals surface area contributed by atoms with Gasteiger partial charge in [0.2, 0.25) is 5.82 Å². The van der Waals surface area contributed by atoms with Gasteiger partial charge in [-0.05, 0) is 44.7 Å². The number of allylic oxidation sites excluding steroid dienone is 1. The quantitative estimate of drug-likeness (QED) is 0.757. The zero-order chi connectivity index (χ0) is 13.0.